The maximum absolute atomic E-state index is 13.4. The summed E-state index contributed by atoms with van der Waals surface area (Å²) in [5, 5.41) is 4.54. The van der Waals surface area contributed by atoms with E-state index in [0.717, 1.165) is 48.0 Å². The van der Waals surface area contributed by atoms with Gasteiger partial charge in [-0.1, -0.05) is 6.42 Å². The van der Waals surface area contributed by atoms with Crippen LogP contribution in [0.15, 0.2) is 14.7 Å². The maximum Gasteiger partial charge on any atom is 0.390 e. The fourth-order valence-electron chi connectivity index (χ4n) is 4.75. The van der Waals surface area contributed by atoms with Crippen molar-refractivity contribution in [2.45, 2.75) is 90.5 Å². The van der Waals surface area contributed by atoms with Gasteiger partial charge in [0.05, 0.1) is 22.9 Å². The van der Waals surface area contributed by atoms with E-state index in [2.05, 4.69) is 10.5 Å². The zero-order valence-corrected chi connectivity index (χ0v) is 19.6. The minimum Gasteiger partial charge on any atom is -0.305 e. The molecule has 176 valence electrons. The molecular formula is C22H29F3N4O2S. The van der Waals surface area contributed by atoms with E-state index in [1.54, 1.807) is 13.1 Å². The molecule has 2 saturated carbocycles. The molecule has 2 fully saturated rings. The van der Waals surface area contributed by atoms with Gasteiger partial charge in [0, 0.05) is 18.1 Å². The van der Waals surface area contributed by atoms with E-state index in [9.17, 15) is 22.8 Å². The number of thiophene rings is 1. The van der Waals surface area contributed by atoms with Crippen LogP contribution in [-0.2, 0) is 6.54 Å². The Kier molecular flexibility index (Phi) is 5.58. The van der Waals surface area contributed by atoms with Crippen molar-refractivity contribution in [1.29, 1.82) is 0 Å². The summed E-state index contributed by atoms with van der Waals surface area (Å²) in [6, 6.07) is -0.240. The minimum absolute atomic E-state index is 0.225. The van der Waals surface area contributed by atoms with E-state index in [0.29, 0.717) is 15.8 Å². The molecule has 1 spiro atoms. The first-order chi connectivity index (χ1) is 14.8. The summed E-state index contributed by atoms with van der Waals surface area (Å²) in [4.78, 5) is 27.6. The second-order valence-corrected chi connectivity index (χ2v) is 11.3. The third kappa shape index (κ3) is 4.25. The maximum atomic E-state index is 13.4. The number of hydrogen-bond acceptors (Lipinski definition) is 5. The molecule has 4 rings (SSSR count). The molecule has 0 radical (unpaired) electrons. The zero-order valence-electron chi connectivity index (χ0n) is 18.8. The molecule has 0 bridgehead atoms. The molecular weight excluding hydrogens is 441 g/mol. The summed E-state index contributed by atoms with van der Waals surface area (Å²) in [7, 11) is 0. The average Bonchev–Trinajstić information content (AvgIpc) is 2.89. The first-order valence-electron chi connectivity index (χ1n) is 11.0. The topological polar surface area (TPSA) is 68.4 Å². The van der Waals surface area contributed by atoms with E-state index in [1.807, 2.05) is 20.8 Å². The second kappa shape index (κ2) is 7.74. The van der Waals surface area contributed by atoms with Gasteiger partial charge in [0.1, 0.15) is 4.83 Å². The quantitative estimate of drug-likeness (QED) is 0.508. The zero-order chi connectivity index (χ0) is 23.5. The van der Waals surface area contributed by atoms with Crippen LogP contribution in [0.5, 0.6) is 0 Å². The lowest BCUT2D eigenvalue weighted by Crippen LogP contribution is -2.51. The van der Waals surface area contributed by atoms with Crippen molar-refractivity contribution in [2.24, 2.45) is 10.5 Å². The normalized spacial score (nSPS) is 19.0. The molecule has 10 heteroatoms. The molecule has 0 atom stereocenters. The lowest BCUT2D eigenvalue weighted by molar-refractivity contribution is -0.136. The number of rotatable bonds is 5. The van der Waals surface area contributed by atoms with E-state index < -0.39 is 30.4 Å². The molecule has 2 aromatic heterocycles. The van der Waals surface area contributed by atoms with Gasteiger partial charge in [0.15, 0.2) is 0 Å². The van der Waals surface area contributed by atoms with E-state index in [-0.39, 0.29) is 21.8 Å². The molecule has 32 heavy (non-hydrogen) atoms. The molecule has 6 nitrogen and oxygen atoms in total. The summed E-state index contributed by atoms with van der Waals surface area (Å²) in [6.07, 6.45) is 0.905. The molecule has 0 aromatic carbocycles. The first-order valence-corrected chi connectivity index (χ1v) is 11.8. The Hall–Kier alpha value is -2.10. The molecule has 0 unspecified atom stereocenters. The van der Waals surface area contributed by atoms with Crippen LogP contribution in [0.2, 0.25) is 0 Å². The van der Waals surface area contributed by atoms with Crippen LogP contribution in [0.3, 0.4) is 0 Å². The van der Waals surface area contributed by atoms with Gasteiger partial charge in [-0.15, -0.1) is 11.3 Å². The molecule has 2 aromatic rings. The van der Waals surface area contributed by atoms with Crippen LogP contribution < -0.4 is 16.7 Å². The van der Waals surface area contributed by atoms with Gasteiger partial charge < -0.3 is 5.43 Å². The van der Waals surface area contributed by atoms with Gasteiger partial charge in [-0.2, -0.15) is 18.3 Å². The van der Waals surface area contributed by atoms with Gasteiger partial charge >= 0.3 is 11.9 Å². The highest BCUT2D eigenvalue weighted by Gasteiger charge is 2.49. The van der Waals surface area contributed by atoms with Crippen LogP contribution in [0, 0.1) is 12.3 Å². The summed E-state index contributed by atoms with van der Waals surface area (Å²) < 4.78 is 41.3. The number of hydrogen-bond donors (Lipinski definition) is 1. The van der Waals surface area contributed by atoms with Crippen molar-refractivity contribution in [3.05, 3.63) is 31.3 Å². The highest BCUT2D eigenvalue weighted by molar-refractivity contribution is 7.20. The lowest BCUT2D eigenvalue weighted by atomic mass is 9.54. The Balaban J connectivity index is 1.81. The van der Waals surface area contributed by atoms with Crippen molar-refractivity contribution < 1.29 is 13.2 Å². The number of alkyl halides is 3. The summed E-state index contributed by atoms with van der Waals surface area (Å²) in [5.41, 5.74) is 2.54. The lowest BCUT2D eigenvalue weighted by Gasteiger charge is -2.54. The van der Waals surface area contributed by atoms with Gasteiger partial charge in [0.25, 0.3) is 5.56 Å². The van der Waals surface area contributed by atoms with Crippen molar-refractivity contribution in [2.75, 3.05) is 0 Å². The highest BCUT2D eigenvalue weighted by atomic mass is 32.1. The second-order valence-electron chi connectivity index (χ2n) is 10.3. The summed E-state index contributed by atoms with van der Waals surface area (Å²) >= 11 is 1.13. The van der Waals surface area contributed by atoms with Crippen LogP contribution in [0.25, 0.3) is 10.2 Å². The third-order valence-electron chi connectivity index (χ3n) is 6.60. The van der Waals surface area contributed by atoms with Crippen molar-refractivity contribution in [3.8, 4) is 0 Å². The molecule has 2 aliphatic carbocycles. The Bertz CT molecular complexity index is 1170. The number of hydrazone groups is 1. The Morgan fingerprint density at radius 3 is 2.41 bits per heavy atom. The van der Waals surface area contributed by atoms with E-state index in [4.69, 9.17) is 0 Å². The minimum atomic E-state index is -4.40. The monoisotopic (exact) mass is 470 g/mol. The van der Waals surface area contributed by atoms with Gasteiger partial charge in [-0.05, 0) is 64.4 Å². The standard InChI is InChI=1S/C22H29F3N4O2S/c1-13-15(12-26-27-20(2,3)4)32-18-16(13)17(30)29(14-10-21(11-14)6-5-7-21)19(31)28(18)9-8-22(23,24)25/h12,14,27H,5-11H2,1-4H3. The number of nitrogens with one attached hydrogen (secondary N) is 1. The Morgan fingerprint density at radius 1 is 1.22 bits per heavy atom. The molecule has 0 saturated heterocycles. The number of aryl methyl sites for hydroxylation is 2. The predicted octanol–water partition coefficient (Wildman–Crippen LogP) is 4.71. The molecule has 2 heterocycles. The van der Waals surface area contributed by atoms with E-state index >= 15 is 0 Å². The number of halogens is 3. The van der Waals surface area contributed by atoms with Gasteiger partial charge in [0.2, 0.25) is 0 Å². The average molecular weight is 471 g/mol. The highest BCUT2D eigenvalue weighted by Crippen LogP contribution is 2.59. The van der Waals surface area contributed by atoms with Crippen LogP contribution in [0.4, 0.5) is 13.2 Å². The van der Waals surface area contributed by atoms with Crippen molar-refractivity contribution in [3.63, 3.8) is 0 Å². The largest absolute Gasteiger partial charge is 0.390 e. The third-order valence-corrected chi connectivity index (χ3v) is 7.85. The molecule has 2 aliphatic rings. The number of fused-ring (bicyclic) bond motifs is 1. The Morgan fingerprint density at radius 2 is 1.88 bits per heavy atom. The van der Waals surface area contributed by atoms with Gasteiger partial charge in [-0.25, -0.2) is 4.79 Å². The van der Waals surface area contributed by atoms with Gasteiger partial charge in [-0.3, -0.25) is 13.9 Å². The van der Waals surface area contributed by atoms with E-state index in [1.165, 1.54) is 4.57 Å². The van der Waals surface area contributed by atoms with Crippen molar-refractivity contribution >= 4 is 27.8 Å². The Labute approximate surface area is 188 Å². The number of aromatic nitrogens is 2. The summed E-state index contributed by atoms with van der Waals surface area (Å²) in [6.45, 7) is 7.10. The first kappa shape index (κ1) is 23.1. The number of nitrogens with zero attached hydrogens (tertiary/aromatic N) is 3. The smallest absolute Gasteiger partial charge is 0.305 e. The SMILES string of the molecule is Cc1c(C=NNC(C)(C)C)sc2c1c(=O)n(C1CC3(CCC3)C1)c(=O)n2CCC(F)(F)F. The molecule has 0 aliphatic heterocycles. The van der Waals surface area contributed by atoms with Crippen LogP contribution in [-0.4, -0.2) is 27.1 Å². The summed E-state index contributed by atoms with van der Waals surface area (Å²) in [5.74, 6) is 0. The van der Waals surface area contributed by atoms with Crippen molar-refractivity contribution in [1.82, 2.24) is 14.6 Å². The predicted molar refractivity (Wildman–Crippen MR) is 121 cm³/mol. The fraction of sp³-hybridized carbons (Fsp3) is 0.682. The van der Waals surface area contributed by atoms with Crippen LogP contribution >= 0.6 is 11.3 Å². The van der Waals surface area contributed by atoms with Crippen LogP contribution in [0.1, 0.15) is 75.8 Å². The fourth-order valence-corrected chi connectivity index (χ4v) is 5.95. The molecule has 0 amide bonds. The molecule has 1 N–H and O–H groups in total.